The molecule has 7 nitrogen and oxygen atoms in total. The van der Waals surface area contributed by atoms with Gasteiger partial charge in [-0.15, -0.1) is 0 Å². The third-order valence-electron chi connectivity index (χ3n) is 6.32. The van der Waals surface area contributed by atoms with E-state index in [1.165, 1.54) is 0 Å². The van der Waals surface area contributed by atoms with E-state index in [0.29, 0.717) is 38.9 Å². The van der Waals surface area contributed by atoms with E-state index in [1.54, 1.807) is 14.0 Å². The molecule has 2 aliphatic heterocycles. The smallest absolute Gasteiger partial charge is 0.227 e. The molecule has 0 aliphatic carbocycles. The van der Waals surface area contributed by atoms with Gasteiger partial charge in [-0.25, -0.2) is 0 Å². The molecule has 0 radical (unpaired) electrons. The van der Waals surface area contributed by atoms with Crippen molar-refractivity contribution in [2.75, 3.05) is 39.8 Å². The Hall–Kier alpha value is -2.12. The monoisotopic (exact) mass is 417 g/mol. The number of benzene rings is 1. The molecule has 2 fully saturated rings. The first-order valence-electron chi connectivity index (χ1n) is 11.0. The van der Waals surface area contributed by atoms with Crippen LogP contribution in [0.2, 0.25) is 0 Å². The molecule has 2 amide bonds. The van der Waals surface area contributed by atoms with Gasteiger partial charge in [-0.3, -0.25) is 9.59 Å². The zero-order valence-electron chi connectivity index (χ0n) is 18.2. The molecule has 7 heteroatoms. The molecule has 0 spiro atoms. The summed E-state index contributed by atoms with van der Waals surface area (Å²) in [6.07, 6.45) is 4.25. The van der Waals surface area contributed by atoms with Crippen LogP contribution in [0.1, 0.15) is 44.6 Å². The Morgan fingerprint density at radius 1 is 1.17 bits per heavy atom. The molecule has 166 valence electrons. The maximum atomic E-state index is 12.9. The summed E-state index contributed by atoms with van der Waals surface area (Å²) in [5.74, 6) is 0.841. The normalized spacial score (nSPS) is 23.6. The average Bonchev–Trinajstić information content (AvgIpc) is 2.91. The number of para-hydroxylation sites is 1. The predicted octanol–water partition coefficient (Wildman–Crippen LogP) is 1.58. The molecule has 2 saturated heterocycles. The number of piperidine rings is 1. The second-order valence-electron chi connectivity index (χ2n) is 8.70. The quantitative estimate of drug-likeness (QED) is 0.735. The summed E-state index contributed by atoms with van der Waals surface area (Å²) in [6, 6.07) is 7.86. The minimum atomic E-state index is -0.764. The number of β-amino-alcohol motifs (C(OH)–C–C–N with tert-alkyl or cyclic N) is 1. The number of carbonyl (C=O) groups excluding carboxylic acids is 2. The van der Waals surface area contributed by atoms with E-state index in [-0.39, 0.29) is 17.9 Å². The van der Waals surface area contributed by atoms with Crippen molar-refractivity contribution in [1.29, 1.82) is 0 Å². The lowest BCUT2D eigenvalue weighted by Crippen LogP contribution is -2.50. The van der Waals surface area contributed by atoms with Crippen molar-refractivity contribution in [2.24, 2.45) is 0 Å². The summed E-state index contributed by atoms with van der Waals surface area (Å²) in [7, 11) is 1.62. The van der Waals surface area contributed by atoms with Crippen LogP contribution in [0.25, 0.3) is 0 Å². The highest BCUT2D eigenvalue weighted by Gasteiger charge is 2.34. The van der Waals surface area contributed by atoms with Crippen molar-refractivity contribution in [3.05, 3.63) is 29.8 Å². The summed E-state index contributed by atoms with van der Waals surface area (Å²) in [4.78, 5) is 28.3. The third-order valence-corrected chi connectivity index (χ3v) is 6.32. The highest BCUT2D eigenvalue weighted by Crippen LogP contribution is 2.26. The van der Waals surface area contributed by atoms with Crippen molar-refractivity contribution in [3.63, 3.8) is 0 Å². The van der Waals surface area contributed by atoms with Crippen LogP contribution >= 0.6 is 0 Å². The maximum Gasteiger partial charge on any atom is 0.227 e. The lowest BCUT2D eigenvalue weighted by Gasteiger charge is -2.38. The van der Waals surface area contributed by atoms with Crippen LogP contribution < -0.4 is 10.1 Å². The SMILES string of the molecule is COc1ccccc1CC(=O)N1CCCC(O)(CN2CCC(NC(C)=O)CC2)CC1. The van der Waals surface area contributed by atoms with Gasteiger partial charge in [-0.05, 0) is 38.2 Å². The number of amides is 2. The van der Waals surface area contributed by atoms with E-state index >= 15 is 0 Å². The van der Waals surface area contributed by atoms with E-state index in [2.05, 4.69) is 10.2 Å². The summed E-state index contributed by atoms with van der Waals surface area (Å²) in [5.41, 5.74) is 0.131. The Kier molecular flexibility index (Phi) is 7.72. The molecule has 1 atom stereocenters. The van der Waals surface area contributed by atoms with Gasteiger partial charge in [-0.2, -0.15) is 0 Å². The van der Waals surface area contributed by atoms with Crippen LogP contribution in [-0.2, 0) is 16.0 Å². The summed E-state index contributed by atoms with van der Waals surface area (Å²) in [6.45, 7) is 5.21. The Bertz CT molecular complexity index is 733. The van der Waals surface area contributed by atoms with E-state index in [4.69, 9.17) is 4.74 Å². The van der Waals surface area contributed by atoms with Gasteiger partial charge in [0.05, 0.1) is 19.1 Å². The third kappa shape index (κ3) is 6.19. The lowest BCUT2D eigenvalue weighted by molar-refractivity contribution is -0.130. The first kappa shape index (κ1) is 22.6. The highest BCUT2D eigenvalue weighted by molar-refractivity contribution is 5.79. The topological polar surface area (TPSA) is 82.1 Å². The standard InChI is InChI=1S/C23H35N3O4/c1-18(27)24-20-8-13-25(14-9-20)17-23(29)10-5-12-26(15-11-23)22(28)16-19-6-3-4-7-21(19)30-2/h3-4,6-7,20,29H,5,8-17H2,1-2H3,(H,24,27). The molecule has 1 aromatic rings. The maximum absolute atomic E-state index is 12.9. The molecule has 30 heavy (non-hydrogen) atoms. The second-order valence-corrected chi connectivity index (χ2v) is 8.70. The van der Waals surface area contributed by atoms with Gasteiger partial charge in [0.25, 0.3) is 0 Å². The molecule has 0 aromatic heterocycles. The van der Waals surface area contributed by atoms with E-state index < -0.39 is 5.60 Å². The minimum absolute atomic E-state index is 0.0220. The first-order valence-corrected chi connectivity index (χ1v) is 11.0. The van der Waals surface area contributed by atoms with E-state index in [9.17, 15) is 14.7 Å². The number of likely N-dealkylation sites (tertiary alicyclic amines) is 2. The number of ether oxygens (including phenoxy) is 1. The number of methoxy groups -OCH3 is 1. The number of aliphatic hydroxyl groups is 1. The predicted molar refractivity (Wildman–Crippen MR) is 115 cm³/mol. The number of rotatable bonds is 6. The molecule has 0 saturated carbocycles. The molecule has 1 unspecified atom stereocenters. The molecule has 3 rings (SSSR count). The molecular weight excluding hydrogens is 382 g/mol. The molecule has 1 aromatic carbocycles. The number of nitrogens with one attached hydrogen (secondary N) is 1. The van der Waals surface area contributed by atoms with Crippen molar-refractivity contribution in [1.82, 2.24) is 15.1 Å². The van der Waals surface area contributed by atoms with Crippen molar-refractivity contribution < 1.29 is 19.4 Å². The zero-order valence-corrected chi connectivity index (χ0v) is 18.2. The van der Waals surface area contributed by atoms with E-state index in [0.717, 1.165) is 43.7 Å². The summed E-state index contributed by atoms with van der Waals surface area (Å²) >= 11 is 0. The molecule has 0 bridgehead atoms. The van der Waals surface area contributed by atoms with Gasteiger partial charge in [0.1, 0.15) is 5.75 Å². The molecule has 2 heterocycles. The van der Waals surface area contributed by atoms with Crippen molar-refractivity contribution >= 4 is 11.8 Å². The van der Waals surface area contributed by atoms with Gasteiger partial charge in [-0.1, -0.05) is 18.2 Å². The van der Waals surface area contributed by atoms with Crippen LogP contribution in [0, 0.1) is 0 Å². The first-order chi connectivity index (χ1) is 14.4. The number of nitrogens with zero attached hydrogens (tertiary/aromatic N) is 2. The average molecular weight is 418 g/mol. The van der Waals surface area contributed by atoms with Gasteiger partial charge in [0, 0.05) is 51.3 Å². The molecule has 2 N–H and O–H groups in total. The second kappa shape index (κ2) is 10.3. The fraction of sp³-hybridized carbons (Fsp3) is 0.652. The lowest BCUT2D eigenvalue weighted by atomic mass is 9.93. The van der Waals surface area contributed by atoms with Crippen LogP contribution in [0.15, 0.2) is 24.3 Å². The number of carbonyl (C=O) groups is 2. The summed E-state index contributed by atoms with van der Waals surface area (Å²) in [5, 5.41) is 14.2. The van der Waals surface area contributed by atoms with Crippen LogP contribution in [0.5, 0.6) is 5.75 Å². The van der Waals surface area contributed by atoms with Crippen molar-refractivity contribution in [3.8, 4) is 5.75 Å². The van der Waals surface area contributed by atoms with Gasteiger partial charge < -0.3 is 25.0 Å². The highest BCUT2D eigenvalue weighted by atomic mass is 16.5. The van der Waals surface area contributed by atoms with Gasteiger partial charge in [0.15, 0.2) is 0 Å². The van der Waals surface area contributed by atoms with Crippen LogP contribution in [0.4, 0.5) is 0 Å². The van der Waals surface area contributed by atoms with Crippen molar-refractivity contribution in [2.45, 2.75) is 57.1 Å². The Balaban J connectivity index is 1.50. The largest absolute Gasteiger partial charge is 0.496 e. The number of hydrogen-bond donors (Lipinski definition) is 2. The fourth-order valence-electron chi connectivity index (χ4n) is 4.65. The fourth-order valence-corrected chi connectivity index (χ4v) is 4.65. The zero-order chi connectivity index (χ0) is 21.6. The Morgan fingerprint density at radius 3 is 2.60 bits per heavy atom. The minimum Gasteiger partial charge on any atom is -0.496 e. The van der Waals surface area contributed by atoms with Gasteiger partial charge in [0.2, 0.25) is 11.8 Å². The molecular formula is C23H35N3O4. The van der Waals surface area contributed by atoms with Gasteiger partial charge >= 0.3 is 0 Å². The Labute approximate surface area is 179 Å². The van der Waals surface area contributed by atoms with E-state index in [1.807, 2.05) is 29.2 Å². The summed E-state index contributed by atoms with van der Waals surface area (Å²) < 4.78 is 5.37. The van der Waals surface area contributed by atoms with Crippen LogP contribution in [-0.4, -0.2) is 78.2 Å². The Morgan fingerprint density at radius 2 is 1.90 bits per heavy atom. The number of hydrogen-bond acceptors (Lipinski definition) is 5. The van der Waals surface area contributed by atoms with Crippen LogP contribution in [0.3, 0.4) is 0 Å². The molecule has 2 aliphatic rings.